The van der Waals surface area contributed by atoms with Gasteiger partial charge >= 0.3 is 17.9 Å². The smallest absolute Gasteiger partial charge is 0.307 e. The van der Waals surface area contributed by atoms with Crippen molar-refractivity contribution in [2.24, 2.45) is 5.92 Å². The van der Waals surface area contributed by atoms with Crippen LogP contribution in [0.2, 0.25) is 0 Å². The molecule has 0 radical (unpaired) electrons. The van der Waals surface area contributed by atoms with E-state index < -0.39 is 29.4 Å². The van der Waals surface area contributed by atoms with Crippen LogP contribution < -0.4 is 0 Å². The molecule has 1 N–H and O–H groups in total. The van der Waals surface area contributed by atoms with Crippen LogP contribution in [0, 0.1) is 5.92 Å². The largest absolute Gasteiger partial charge is 0.481 e. The second kappa shape index (κ2) is 8.31. The Morgan fingerprint density at radius 1 is 1.04 bits per heavy atom. The average Bonchev–Trinajstić information content (AvgIpc) is 2.43. The third-order valence-corrected chi connectivity index (χ3v) is 2.84. The minimum Gasteiger partial charge on any atom is -0.481 e. The molecule has 0 saturated carbocycles. The Balaban J connectivity index is 2.50. The molecule has 0 aliphatic carbocycles. The molecule has 1 rings (SSSR count). The Hall–Kier alpha value is -2.37. The Morgan fingerprint density at radius 3 is 2.13 bits per heavy atom. The van der Waals surface area contributed by atoms with Crippen LogP contribution in [0.1, 0.15) is 39.2 Å². The van der Waals surface area contributed by atoms with Gasteiger partial charge in [-0.25, -0.2) is 0 Å². The van der Waals surface area contributed by atoms with E-state index in [1.54, 1.807) is 32.9 Å². The standard InChI is InChI=1S/C17H22O6/c1-17(2,3)23-15(19)10-13(16(20)21)9-14(18)22-11-12-7-5-4-6-8-12/h4-8,13H,9-11H2,1-3H3,(H,20,21)/t13-/m1/s1. The summed E-state index contributed by atoms with van der Waals surface area (Å²) in [5, 5.41) is 9.14. The highest BCUT2D eigenvalue weighted by Gasteiger charge is 2.27. The quantitative estimate of drug-likeness (QED) is 0.776. The lowest BCUT2D eigenvalue weighted by atomic mass is 10.0. The van der Waals surface area contributed by atoms with Crippen LogP contribution in [-0.2, 0) is 30.5 Å². The molecule has 23 heavy (non-hydrogen) atoms. The topological polar surface area (TPSA) is 89.9 Å². The number of carboxylic acids is 1. The molecule has 0 aliphatic heterocycles. The Bertz CT molecular complexity index is 544. The number of hydrogen-bond donors (Lipinski definition) is 1. The minimum absolute atomic E-state index is 0.0679. The van der Waals surface area contributed by atoms with Crippen LogP contribution in [0.15, 0.2) is 30.3 Å². The van der Waals surface area contributed by atoms with E-state index in [-0.39, 0.29) is 19.4 Å². The SMILES string of the molecule is CC(C)(C)OC(=O)C[C@@H](CC(=O)OCc1ccccc1)C(=O)O. The Kier molecular flexibility index (Phi) is 6.75. The number of rotatable bonds is 7. The van der Waals surface area contributed by atoms with E-state index in [1.807, 2.05) is 18.2 Å². The van der Waals surface area contributed by atoms with Crippen molar-refractivity contribution < 1.29 is 29.0 Å². The van der Waals surface area contributed by atoms with Crippen molar-refractivity contribution in [2.75, 3.05) is 0 Å². The fourth-order valence-electron chi connectivity index (χ4n) is 1.83. The fraction of sp³-hybridized carbons (Fsp3) is 0.471. The third kappa shape index (κ3) is 7.99. The molecule has 0 saturated heterocycles. The summed E-state index contributed by atoms with van der Waals surface area (Å²) in [5.41, 5.74) is 0.105. The Morgan fingerprint density at radius 2 is 1.61 bits per heavy atom. The zero-order chi connectivity index (χ0) is 17.5. The molecule has 0 aromatic heterocycles. The molecule has 6 nitrogen and oxygen atoms in total. The van der Waals surface area contributed by atoms with Gasteiger partial charge in [-0.2, -0.15) is 0 Å². The van der Waals surface area contributed by atoms with Gasteiger partial charge in [0.15, 0.2) is 0 Å². The van der Waals surface area contributed by atoms with Crippen LogP contribution in [0.25, 0.3) is 0 Å². The lowest BCUT2D eigenvalue weighted by Gasteiger charge is -2.20. The third-order valence-electron chi connectivity index (χ3n) is 2.84. The monoisotopic (exact) mass is 322 g/mol. The number of benzene rings is 1. The number of aliphatic carboxylic acids is 1. The molecule has 0 spiro atoms. The first-order chi connectivity index (χ1) is 10.7. The van der Waals surface area contributed by atoms with E-state index in [4.69, 9.17) is 14.6 Å². The zero-order valence-corrected chi connectivity index (χ0v) is 13.6. The second-order valence-corrected chi connectivity index (χ2v) is 6.18. The van der Waals surface area contributed by atoms with Crippen LogP contribution in [0.4, 0.5) is 0 Å². The number of esters is 2. The highest BCUT2D eigenvalue weighted by Crippen LogP contribution is 2.16. The lowest BCUT2D eigenvalue weighted by molar-refractivity contribution is -0.161. The summed E-state index contributed by atoms with van der Waals surface area (Å²) in [5.74, 6) is -3.70. The minimum atomic E-state index is -1.23. The van der Waals surface area contributed by atoms with Gasteiger partial charge < -0.3 is 14.6 Å². The van der Waals surface area contributed by atoms with Gasteiger partial charge in [-0.05, 0) is 26.3 Å². The fourth-order valence-corrected chi connectivity index (χ4v) is 1.83. The first-order valence-electron chi connectivity index (χ1n) is 7.31. The van der Waals surface area contributed by atoms with Crippen molar-refractivity contribution in [1.82, 2.24) is 0 Å². The Labute approximate surface area is 135 Å². The highest BCUT2D eigenvalue weighted by molar-refractivity contribution is 5.83. The normalized spacial score (nSPS) is 12.3. The molecule has 0 fully saturated rings. The van der Waals surface area contributed by atoms with E-state index in [0.717, 1.165) is 5.56 Å². The van der Waals surface area contributed by atoms with Gasteiger partial charge in [0, 0.05) is 0 Å². The zero-order valence-electron chi connectivity index (χ0n) is 13.6. The molecule has 126 valence electrons. The maximum Gasteiger partial charge on any atom is 0.307 e. The summed E-state index contributed by atoms with van der Waals surface area (Å²) in [7, 11) is 0. The van der Waals surface area contributed by atoms with Crippen molar-refractivity contribution in [2.45, 2.75) is 45.8 Å². The number of ether oxygens (including phenoxy) is 2. The van der Waals surface area contributed by atoms with E-state index in [1.165, 1.54) is 0 Å². The molecular weight excluding hydrogens is 300 g/mol. The molecule has 6 heteroatoms. The molecular formula is C17H22O6. The molecule has 0 bridgehead atoms. The van der Waals surface area contributed by atoms with Gasteiger partial charge in [0.05, 0.1) is 18.8 Å². The van der Waals surface area contributed by atoms with E-state index in [2.05, 4.69) is 0 Å². The van der Waals surface area contributed by atoms with Gasteiger partial charge in [0.25, 0.3) is 0 Å². The molecule has 0 amide bonds. The van der Waals surface area contributed by atoms with Crippen molar-refractivity contribution >= 4 is 17.9 Å². The first kappa shape index (κ1) is 18.7. The van der Waals surface area contributed by atoms with Gasteiger partial charge in [0.1, 0.15) is 12.2 Å². The van der Waals surface area contributed by atoms with Crippen LogP contribution in [0.5, 0.6) is 0 Å². The number of carbonyl (C=O) groups excluding carboxylic acids is 2. The number of carbonyl (C=O) groups is 3. The van der Waals surface area contributed by atoms with Crippen LogP contribution in [-0.4, -0.2) is 28.6 Å². The van der Waals surface area contributed by atoms with E-state index in [9.17, 15) is 14.4 Å². The van der Waals surface area contributed by atoms with Gasteiger partial charge in [0.2, 0.25) is 0 Å². The summed E-state index contributed by atoms with van der Waals surface area (Å²) < 4.78 is 10.1. The van der Waals surface area contributed by atoms with Crippen molar-refractivity contribution in [1.29, 1.82) is 0 Å². The van der Waals surface area contributed by atoms with Crippen molar-refractivity contribution in [3.8, 4) is 0 Å². The highest BCUT2D eigenvalue weighted by atomic mass is 16.6. The summed E-state index contributed by atoms with van der Waals surface area (Å²) in [6, 6.07) is 9.05. The number of hydrogen-bond acceptors (Lipinski definition) is 5. The predicted molar refractivity (Wildman–Crippen MR) is 82.4 cm³/mol. The van der Waals surface area contributed by atoms with Crippen molar-refractivity contribution in [3.63, 3.8) is 0 Å². The van der Waals surface area contributed by atoms with Gasteiger partial charge in [-0.3, -0.25) is 14.4 Å². The maximum absolute atomic E-state index is 11.8. The predicted octanol–water partition coefficient (Wildman–Crippen LogP) is 2.55. The molecule has 1 atom stereocenters. The summed E-state index contributed by atoms with van der Waals surface area (Å²) in [6.07, 6.45) is -0.742. The molecule has 0 unspecified atom stereocenters. The summed E-state index contributed by atoms with van der Waals surface area (Å²) in [4.78, 5) is 34.7. The van der Waals surface area contributed by atoms with Crippen LogP contribution >= 0.6 is 0 Å². The van der Waals surface area contributed by atoms with E-state index in [0.29, 0.717) is 0 Å². The molecule has 0 aliphatic rings. The van der Waals surface area contributed by atoms with Gasteiger partial charge in [-0.1, -0.05) is 30.3 Å². The van der Waals surface area contributed by atoms with Crippen LogP contribution in [0.3, 0.4) is 0 Å². The maximum atomic E-state index is 11.8. The number of carboxylic acid groups (broad SMARTS) is 1. The molecule has 1 aromatic carbocycles. The summed E-state index contributed by atoms with van der Waals surface area (Å²) >= 11 is 0. The molecule has 1 aromatic rings. The lowest BCUT2D eigenvalue weighted by Crippen LogP contribution is -2.28. The van der Waals surface area contributed by atoms with E-state index >= 15 is 0 Å². The van der Waals surface area contributed by atoms with Crippen molar-refractivity contribution in [3.05, 3.63) is 35.9 Å². The summed E-state index contributed by atoms with van der Waals surface area (Å²) in [6.45, 7) is 5.14. The first-order valence-corrected chi connectivity index (χ1v) is 7.31. The second-order valence-electron chi connectivity index (χ2n) is 6.18. The molecule has 0 heterocycles. The average molecular weight is 322 g/mol. The van der Waals surface area contributed by atoms with Gasteiger partial charge in [-0.15, -0.1) is 0 Å².